The third kappa shape index (κ3) is 4.77. The highest BCUT2D eigenvalue weighted by Crippen LogP contribution is 2.32. The van der Waals surface area contributed by atoms with Crippen molar-refractivity contribution < 1.29 is 32.3 Å². The zero-order valence-corrected chi connectivity index (χ0v) is 19.0. The summed E-state index contributed by atoms with van der Waals surface area (Å²) in [7, 11) is -3.23. The summed E-state index contributed by atoms with van der Waals surface area (Å²) >= 11 is 0. The van der Waals surface area contributed by atoms with Gasteiger partial charge in [0.05, 0.1) is 23.8 Å². The fourth-order valence-electron chi connectivity index (χ4n) is 3.86. The molecule has 174 valence electrons. The zero-order chi connectivity index (χ0) is 23.5. The number of para-hydroxylation sites is 2. The van der Waals surface area contributed by atoms with Crippen molar-refractivity contribution in [2.24, 2.45) is 0 Å². The second-order valence-electron chi connectivity index (χ2n) is 7.71. The lowest BCUT2D eigenvalue weighted by atomic mass is 10.2. The molecule has 0 bridgehead atoms. The lowest BCUT2D eigenvalue weighted by molar-refractivity contribution is -0.142. The minimum atomic E-state index is -3.23. The first-order valence-electron chi connectivity index (χ1n) is 10.6. The van der Waals surface area contributed by atoms with Crippen molar-refractivity contribution >= 4 is 39.3 Å². The number of rotatable bonds is 9. The molecule has 0 saturated carbocycles. The first-order chi connectivity index (χ1) is 15.2. The number of imide groups is 2. The Hall–Kier alpha value is -2.95. The summed E-state index contributed by atoms with van der Waals surface area (Å²) in [6.45, 7) is 3.66. The van der Waals surface area contributed by atoms with Crippen molar-refractivity contribution in [3.05, 3.63) is 24.3 Å². The first kappa shape index (κ1) is 23.7. The number of amides is 5. The molecular formula is C21H27N3O7S. The number of hydrogen-bond donors (Lipinski definition) is 0. The third-order valence-electron chi connectivity index (χ3n) is 5.47. The minimum Gasteiger partial charge on any atom is -0.492 e. The van der Waals surface area contributed by atoms with Crippen LogP contribution >= 0.6 is 0 Å². The highest BCUT2D eigenvalue weighted by atomic mass is 32.2. The molecule has 3 rings (SSSR count). The van der Waals surface area contributed by atoms with Crippen LogP contribution in [-0.2, 0) is 24.2 Å². The number of ether oxygens (including phenoxy) is 1. The second kappa shape index (κ2) is 9.68. The minimum absolute atomic E-state index is 0.00434. The molecule has 2 aliphatic heterocycles. The van der Waals surface area contributed by atoms with E-state index in [1.165, 1.54) is 11.0 Å². The maximum absolute atomic E-state index is 13.0. The van der Waals surface area contributed by atoms with Gasteiger partial charge in [0.2, 0.25) is 5.91 Å². The summed E-state index contributed by atoms with van der Waals surface area (Å²) in [4.78, 5) is 53.9. The highest BCUT2D eigenvalue weighted by Gasteiger charge is 2.48. The predicted octanol–water partition coefficient (Wildman–Crippen LogP) is 1.20. The summed E-state index contributed by atoms with van der Waals surface area (Å²) in [5, 5.41) is 0. The Balaban J connectivity index is 1.81. The van der Waals surface area contributed by atoms with E-state index >= 15 is 0 Å². The van der Waals surface area contributed by atoms with Crippen LogP contribution in [0.15, 0.2) is 24.3 Å². The van der Waals surface area contributed by atoms with E-state index in [-0.39, 0.29) is 22.9 Å². The second-order valence-corrected chi connectivity index (χ2v) is 9.94. The number of carbonyl (C=O) groups excluding carboxylic acids is 4. The summed E-state index contributed by atoms with van der Waals surface area (Å²) in [6, 6.07) is 4.89. The van der Waals surface area contributed by atoms with Crippen molar-refractivity contribution in [1.29, 1.82) is 0 Å². The molecule has 11 heteroatoms. The standard InChI is InChI=1S/C21H27N3O7S/c1-3-5-11-22(15-10-12-32(29,30)14-15)18(25)13-23-19(26)20(27)24(21(23)28)16-8-6-7-9-17(16)31-4-2/h6-9,15H,3-5,10-14H2,1-2H3. The van der Waals surface area contributed by atoms with Crippen LogP contribution in [0.5, 0.6) is 5.75 Å². The normalized spacial score (nSPS) is 20.2. The molecule has 0 aliphatic carbocycles. The van der Waals surface area contributed by atoms with E-state index in [0.717, 1.165) is 6.42 Å². The molecule has 2 heterocycles. The van der Waals surface area contributed by atoms with Crippen LogP contribution in [0.4, 0.5) is 10.5 Å². The van der Waals surface area contributed by atoms with E-state index in [9.17, 15) is 27.6 Å². The van der Waals surface area contributed by atoms with E-state index in [0.29, 0.717) is 35.8 Å². The van der Waals surface area contributed by atoms with Crippen LogP contribution < -0.4 is 9.64 Å². The molecule has 0 radical (unpaired) electrons. The summed E-state index contributed by atoms with van der Waals surface area (Å²) in [6.07, 6.45) is 1.74. The van der Waals surface area contributed by atoms with Gasteiger partial charge in [-0.25, -0.2) is 23.0 Å². The van der Waals surface area contributed by atoms with E-state index < -0.39 is 46.2 Å². The molecular weight excluding hydrogens is 438 g/mol. The molecule has 0 spiro atoms. The molecule has 2 aliphatic rings. The Labute approximate surface area is 187 Å². The monoisotopic (exact) mass is 465 g/mol. The maximum Gasteiger partial charge on any atom is 0.339 e. The Morgan fingerprint density at radius 2 is 1.88 bits per heavy atom. The van der Waals surface area contributed by atoms with Gasteiger partial charge in [0.25, 0.3) is 0 Å². The van der Waals surface area contributed by atoms with E-state index in [1.54, 1.807) is 25.1 Å². The van der Waals surface area contributed by atoms with Crippen LogP contribution in [0.3, 0.4) is 0 Å². The number of nitrogens with zero attached hydrogens (tertiary/aromatic N) is 3. The Kier molecular flexibility index (Phi) is 7.17. The van der Waals surface area contributed by atoms with Crippen LogP contribution in [0.25, 0.3) is 0 Å². The van der Waals surface area contributed by atoms with Crippen LogP contribution in [0.2, 0.25) is 0 Å². The Bertz CT molecular complexity index is 1020. The number of urea groups is 1. The van der Waals surface area contributed by atoms with Crippen molar-refractivity contribution in [2.75, 3.05) is 36.1 Å². The van der Waals surface area contributed by atoms with Gasteiger partial charge in [0.15, 0.2) is 9.84 Å². The molecule has 1 aromatic carbocycles. The van der Waals surface area contributed by atoms with Gasteiger partial charge < -0.3 is 9.64 Å². The van der Waals surface area contributed by atoms with Crippen molar-refractivity contribution in [1.82, 2.24) is 9.80 Å². The van der Waals surface area contributed by atoms with Crippen LogP contribution in [0.1, 0.15) is 33.1 Å². The number of sulfone groups is 1. The largest absolute Gasteiger partial charge is 0.492 e. The molecule has 1 aromatic rings. The van der Waals surface area contributed by atoms with Gasteiger partial charge >= 0.3 is 17.8 Å². The molecule has 0 N–H and O–H groups in total. The van der Waals surface area contributed by atoms with Crippen molar-refractivity contribution in [2.45, 2.75) is 39.2 Å². The highest BCUT2D eigenvalue weighted by molar-refractivity contribution is 7.91. The zero-order valence-electron chi connectivity index (χ0n) is 18.2. The summed E-state index contributed by atoms with van der Waals surface area (Å²) < 4.78 is 29.3. The quantitative estimate of drug-likeness (QED) is 0.397. The topological polar surface area (TPSA) is 121 Å². The van der Waals surface area contributed by atoms with Gasteiger partial charge in [-0.05, 0) is 31.9 Å². The molecule has 1 atom stereocenters. The lowest BCUT2D eigenvalue weighted by Gasteiger charge is -2.29. The number of hydrogen-bond acceptors (Lipinski definition) is 7. The summed E-state index contributed by atoms with van der Waals surface area (Å²) in [5.41, 5.74) is 0.123. The molecule has 2 saturated heterocycles. The maximum atomic E-state index is 13.0. The van der Waals surface area contributed by atoms with Gasteiger partial charge in [-0.3, -0.25) is 14.4 Å². The van der Waals surface area contributed by atoms with E-state index in [4.69, 9.17) is 4.74 Å². The van der Waals surface area contributed by atoms with Crippen molar-refractivity contribution in [3.8, 4) is 5.75 Å². The molecule has 0 aromatic heterocycles. The molecule has 5 amide bonds. The predicted molar refractivity (Wildman–Crippen MR) is 116 cm³/mol. The van der Waals surface area contributed by atoms with Gasteiger partial charge in [-0.15, -0.1) is 0 Å². The van der Waals surface area contributed by atoms with E-state index in [2.05, 4.69) is 0 Å². The Morgan fingerprint density at radius 3 is 2.50 bits per heavy atom. The Morgan fingerprint density at radius 1 is 1.16 bits per heavy atom. The lowest BCUT2D eigenvalue weighted by Crippen LogP contribution is -2.48. The SMILES string of the molecule is CCCCN(C(=O)CN1C(=O)C(=O)N(c2ccccc2OCC)C1=O)C1CCS(=O)(=O)C1. The molecule has 1 unspecified atom stereocenters. The smallest absolute Gasteiger partial charge is 0.339 e. The molecule has 2 fully saturated rings. The first-order valence-corrected chi connectivity index (χ1v) is 12.4. The molecule has 32 heavy (non-hydrogen) atoms. The number of benzene rings is 1. The van der Waals surface area contributed by atoms with E-state index in [1.807, 2.05) is 6.92 Å². The number of anilines is 1. The average Bonchev–Trinajstić information content (AvgIpc) is 3.21. The number of carbonyl (C=O) groups is 4. The fourth-order valence-corrected chi connectivity index (χ4v) is 5.59. The van der Waals surface area contributed by atoms with Crippen LogP contribution in [-0.4, -0.2) is 79.2 Å². The van der Waals surface area contributed by atoms with Gasteiger partial charge in [0.1, 0.15) is 12.3 Å². The number of unbranched alkanes of at least 4 members (excludes halogenated alkanes) is 1. The fraction of sp³-hybridized carbons (Fsp3) is 0.524. The van der Waals surface area contributed by atoms with Gasteiger partial charge in [0, 0.05) is 12.6 Å². The average molecular weight is 466 g/mol. The van der Waals surface area contributed by atoms with Gasteiger partial charge in [-0.2, -0.15) is 0 Å². The van der Waals surface area contributed by atoms with Gasteiger partial charge in [-0.1, -0.05) is 25.5 Å². The van der Waals surface area contributed by atoms with Crippen LogP contribution in [0, 0.1) is 0 Å². The van der Waals surface area contributed by atoms with Crippen molar-refractivity contribution in [3.63, 3.8) is 0 Å². The third-order valence-corrected chi connectivity index (χ3v) is 7.23. The molecule has 10 nitrogen and oxygen atoms in total. The summed E-state index contributed by atoms with van der Waals surface area (Å²) in [5.74, 6) is -2.62.